The molecule has 0 unspecified atom stereocenters. The summed E-state index contributed by atoms with van der Waals surface area (Å²) >= 11 is 1.65. The van der Waals surface area contributed by atoms with Crippen molar-refractivity contribution in [3.63, 3.8) is 0 Å². The number of rotatable bonds is 2. The van der Waals surface area contributed by atoms with Gasteiger partial charge >= 0.3 is 0 Å². The second-order valence-corrected chi connectivity index (χ2v) is 4.62. The summed E-state index contributed by atoms with van der Waals surface area (Å²) in [5, 5.41) is 1.05. The van der Waals surface area contributed by atoms with E-state index >= 15 is 0 Å². The van der Waals surface area contributed by atoms with Gasteiger partial charge in [0.1, 0.15) is 5.78 Å². The summed E-state index contributed by atoms with van der Waals surface area (Å²) in [7, 11) is 0. The second kappa shape index (κ2) is 2.39. The molecule has 0 saturated heterocycles. The first-order chi connectivity index (χ1) is 5.65. The van der Waals surface area contributed by atoms with E-state index in [2.05, 4.69) is 4.98 Å². The van der Waals surface area contributed by atoms with Gasteiger partial charge < -0.3 is 0 Å². The van der Waals surface area contributed by atoms with Crippen molar-refractivity contribution in [2.24, 2.45) is 0 Å². The zero-order valence-electron chi connectivity index (χ0n) is 7.26. The zero-order chi connectivity index (χ0) is 8.77. The van der Waals surface area contributed by atoms with Crippen LogP contribution in [-0.2, 0) is 10.2 Å². The van der Waals surface area contributed by atoms with Crippen molar-refractivity contribution in [2.75, 3.05) is 0 Å². The third-order valence-corrected chi connectivity index (χ3v) is 3.63. The molecule has 1 fully saturated rings. The predicted molar refractivity (Wildman–Crippen MR) is 48.4 cm³/mol. The maximum Gasteiger partial charge on any atom is 0.141 e. The van der Waals surface area contributed by atoms with E-state index in [0.717, 1.165) is 22.7 Å². The smallest absolute Gasteiger partial charge is 0.141 e. The number of hydrogen-bond donors (Lipinski definition) is 0. The van der Waals surface area contributed by atoms with Gasteiger partial charge in [0.05, 0.1) is 10.4 Å². The molecular formula is C9H11NOS. The Balaban J connectivity index is 2.36. The Labute approximate surface area is 75.6 Å². The molecule has 1 saturated carbocycles. The average Bonchev–Trinajstić information content (AvgIpc) is 2.71. The highest BCUT2D eigenvalue weighted by atomic mass is 32.1. The molecule has 1 aromatic heterocycles. The Morgan fingerprint density at radius 1 is 1.67 bits per heavy atom. The number of hydrogen-bond acceptors (Lipinski definition) is 3. The third-order valence-electron chi connectivity index (χ3n) is 2.52. The van der Waals surface area contributed by atoms with Crippen LogP contribution in [0.5, 0.6) is 0 Å². The first kappa shape index (κ1) is 7.92. The maximum absolute atomic E-state index is 11.3. The van der Waals surface area contributed by atoms with Crippen molar-refractivity contribution >= 4 is 17.1 Å². The Bertz CT molecular complexity index is 325. The lowest BCUT2D eigenvalue weighted by atomic mass is 10.0. The van der Waals surface area contributed by atoms with Gasteiger partial charge in [0.2, 0.25) is 0 Å². The monoisotopic (exact) mass is 181 g/mol. The maximum atomic E-state index is 11.3. The lowest BCUT2D eigenvalue weighted by Gasteiger charge is -2.05. The number of Topliss-reactive ketones (excluding diaryl/α,β-unsaturated/α-hetero) is 1. The summed E-state index contributed by atoms with van der Waals surface area (Å²) < 4.78 is 0. The van der Waals surface area contributed by atoms with E-state index in [-0.39, 0.29) is 5.41 Å². The first-order valence-corrected chi connectivity index (χ1v) is 4.91. The molecule has 1 aliphatic rings. The van der Waals surface area contributed by atoms with Crippen molar-refractivity contribution in [1.82, 2.24) is 4.98 Å². The topological polar surface area (TPSA) is 30.0 Å². The molecule has 0 aliphatic heterocycles. The summed E-state index contributed by atoms with van der Waals surface area (Å²) in [6, 6.07) is 0. The number of thiazole rings is 1. The molecule has 0 N–H and O–H groups in total. The van der Waals surface area contributed by atoms with Gasteiger partial charge in [-0.15, -0.1) is 11.3 Å². The molecule has 12 heavy (non-hydrogen) atoms. The van der Waals surface area contributed by atoms with Gasteiger partial charge in [-0.05, 0) is 26.7 Å². The number of carbonyl (C=O) groups is 1. The second-order valence-electron chi connectivity index (χ2n) is 3.38. The molecule has 1 heterocycles. The van der Waals surface area contributed by atoms with Gasteiger partial charge in [-0.25, -0.2) is 4.98 Å². The van der Waals surface area contributed by atoms with Crippen LogP contribution in [0.3, 0.4) is 0 Å². The Morgan fingerprint density at radius 2 is 2.33 bits per heavy atom. The third kappa shape index (κ3) is 1.00. The quantitative estimate of drug-likeness (QED) is 0.699. The molecule has 64 valence electrons. The molecule has 0 radical (unpaired) electrons. The van der Waals surface area contributed by atoms with Crippen molar-refractivity contribution in [1.29, 1.82) is 0 Å². The Hall–Kier alpha value is -0.700. The molecule has 1 aromatic rings. The van der Waals surface area contributed by atoms with E-state index < -0.39 is 0 Å². The lowest BCUT2D eigenvalue weighted by molar-refractivity contribution is -0.119. The summed E-state index contributed by atoms with van der Waals surface area (Å²) in [5.41, 5.74) is -0.119. The largest absolute Gasteiger partial charge is 0.299 e. The van der Waals surface area contributed by atoms with Crippen LogP contribution in [0.15, 0.2) is 6.20 Å². The fraction of sp³-hybridized carbons (Fsp3) is 0.556. The van der Waals surface area contributed by atoms with Crippen LogP contribution < -0.4 is 0 Å². The molecular weight excluding hydrogens is 170 g/mol. The van der Waals surface area contributed by atoms with Crippen LogP contribution >= 0.6 is 11.3 Å². The molecule has 0 atom stereocenters. The standard InChI is InChI=1S/C9H11NOS/c1-6(11)9(3-4-9)8-5-10-7(2)12-8/h5H,3-4H2,1-2H3. The number of carbonyl (C=O) groups excluding carboxylic acids is 1. The van der Waals surface area contributed by atoms with Crippen LogP contribution in [0.25, 0.3) is 0 Å². The molecule has 0 spiro atoms. The Kier molecular flexibility index (Phi) is 1.58. The zero-order valence-corrected chi connectivity index (χ0v) is 8.07. The molecule has 1 aliphatic carbocycles. The highest BCUT2D eigenvalue weighted by Crippen LogP contribution is 2.50. The summed E-state index contributed by atoms with van der Waals surface area (Å²) in [6.45, 7) is 3.66. The van der Waals surface area contributed by atoms with Gasteiger partial charge in [-0.3, -0.25) is 4.79 Å². The van der Waals surface area contributed by atoms with E-state index in [1.54, 1.807) is 18.3 Å². The molecule has 2 nitrogen and oxygen atoms in total. The SMILES string of the molecule is CC(=O)C1(c2cnc(C)s2)CC1. The van der Waals surface area contributed by atoms with E-state index in [1.165, 1.54) is 0 Å². The minimum atomic E-state index is -0.119. The first-order valence-electron chi connectivity index (χ1n) is 4.09. The van der Waals surface area contributed by atoms with Crippen molar-refractivity contribution in [2.45, 2.75) is 32.1 Å². The number of aromatic nitrogens is 1. The van der Waals surface area contributed by atoms with Crippen LogP contribution in [0.1, 0.15) is 29.7 Å². The van der Waals surface area contributed by atoms with Gasteiger partial charge in [-0.1, -0.05) is 0 Å². The van der Waals surface area contributed by atoms with Crippen LogP contribution in [0.4, 0.5) is 0 Å². The normalized spacial score (nSPS) is 19.2. The molecule has 2 rings (SSSR count). The van der Waals surface area contributed by atoms with E-state index in [4.69, 9.17) is 0 Å². The highest BCUT2D eigenvalue weighted by molar-refractivity contribution is 7.11. The van der Waals surface area contributed by atoms with Gasteiger partial charge in [0.15, 0.2) is 0 Å². The lowest BCUT2D eigenvalue weighted by Crippen LogP contribution is -2.14. The predicted octanol–water partition coefficient (Wildman–Crippen LogP) is 2.07. The minimum Gasteiger partial charge on any atom is -0.299 e. The Morgan fingerprint density at radius 3 is 2.67 bits per heavy atom. The van der Waals surface area contributed by atoms with Crippen molar-refractivity contribution < 1.29 is 4.79 Å². The van der Waals surface area contributed by atoms with E-state index in [0.29, 0.717) is 5.78 Å². The van der Waals surface area contributed by atoms with E-state index in [1.807, 2.05) is 13.1 Å². The minimum absolute atomic E-state index is 0.119. The van der Waals surface area contributed by atoms with Crippen molar-refractivity contribution in [3.8, 4) is 0 Å². The average molecular weight is 181 g/mol. The van der Waals surface area contributed by atoms with Gasteiger partial charge in [-0.2, -0.15) is 0 Å². The molecule has 0 aromatic carbocycles. The summed E-state index contributed by atoms with van der Waals surface area (Å²) in [4.78, 5) is 16.6. The van der Waals surface area contributed by atoms with Crippen LogP contribution in [0.2, 0.25) is 0 Å². The molecule has 0 amide bonds. The van der Waals surface area contributed by atoms with E-state index in [9.17, 15) is 4.79 Å². The highest BCUT2D eigenvalue weighted by Gasteiger charge is 2.50. The van der Waals surface area contributed by atoms with Crippen LogP contribution in [-0.4, -0.2) is 10.8 Å². The van der Waals surface area contributed by atoms with Crippen LogP contribution in [0, 0.1) is 6.92 Å². The van der Waals surface area contributed by atoms with Gasteiger partial charge in [0, 0.05) is 11.1 Å². The number of aryl methyl sites for hydroxylation is 1. The fourth-order valence-corrected chi connectivity index (χ4v) is 2.55. The fourth-order valence-electron chi connectivity index (χ4n) is 1.48. The number of nitrogens with zero attached hydrogens (tertiary/aromatic N) is 1. The molecule has 3 heteroatoms. The van der Waals surface area contributed by atoms with Gasteiger partial charge in [0.25, 0.3) is 0 Å². The summed E-state index contributed by atoms with van der Waals surface area (Å²) in [6.07, 6.45) is 3.89. The molecule has 0 bridgehead atoms. The summed E-state index contributed by atoms with van der Waals surface area (Å²) in [5.74, 6) is 0.297. The number of ketones is 1. The van der Waals surface area contributed by atoms with Crippen molar-refractivity contribution in [3.05, 3.63) is 16.1 Å².